The maximum atomic E-state index is 13.7. The molecular formula is C31H25NO4. The maximum absolute atomic E-state index is 13.7. The molecule has 2 fully saturated rings. The highest BCUT2D eigenvalue weighted by Gasteiger charge is 2.62. The molecule has 6 rings (SSSR count). The van der Waals surface area contributed by atoms with Crippen molar-refractivity contribution < 1.29 is 19.5 Å². The van der Waals surface area contributed by atoms with E-state index in [9.17, 15) is 19.5 Å². The van der Waals surface area contributed by atoms with E-state index in [2.05, 4.69) is 74.5 Å². The van der Waals surface area contributed by atoms with Crippen LogP contribution in [0.5, 0.6) is 0 Å². The molecule has 178 valence electrons. The predicted molar refractivity (Wildman–Crippen MR) is 137 cm³/mol. The molecule has 0 aromatic heterocycles. The summed E-state index contributed by atoms with van der Waals surface area (Å²) in [6.45, 7) is 4.12. The summed E-state index contributed by atoms with van der Waals surface area (Å²) in [4.78, 5) is 39.8. The zero-order valence-electron chi connectivity index (χ0n) is 20.0. The summed E-state index contributed by atoms with van der Waals surface area (Å²) in [6.07, 6.45) is 4.18. The molecular weight excluding hydrogens is 450 g/mol. The van der Waals surface area contributed by atoms with E-state index in [1.165, 1.54) is 40.3 Å². The van der Waals surface area contributed by atoms with E-state index in [4.69, 9.17) is 0 Å². The number of carbonyl (C=O) groups excluding carboxylic acids is 2. The molecule has 3 aliphatic rings. The minimum absolute atomic E-state index is 0.117. The SMILES string of the molecule is Cc1ccc(C(=C2[C@H]3C=C[C@H]2[C@H]2C(=O)N(c4ccc(C(=O)O)cc4)C(=O)[C@H]23)c2ccc(C)cc2)cc1. The van der Waals surface area contributed by atoms with Crippen LogP contribution in [0, 0.1) is 37.5 Å². The predicted octanol–water partition coefficient (Wildman–Crippen LogP) is 5.43. The minimum Gasteiger partial charge on any atom is -0.478 e. The van der Waals surface area contributed by atoms with Crippen LogP contribution in [0.1, 0.15) is 32.6 Å². The van der Waals surface area contributed by atoms with E-state index in [0.717, 1.165) is 22.3 Å². The summed E-state index contributed by atoms with van der Waals surface area (Å²) in [5.74, 6) is -2.69. The number of imide groups is 1. The molecule has 2 aliphatic carbocycles. The zero-order chi connectivity index (χ0) is 25.1. The van der Waals surface area contributed by atoms with E-state index < -0.39 is 17.8 Å². The molecule has 1 saturated heterocycles. The number of benzene rings is 3. The van der Waals surface area contributed by atoms with E-state index in [1.54, 1.807) is 0 Å². The molecule has 3 aromatic carbocycles. The molecule has 1 N–H and O–H groups in total. The average Bonchev–Trinajstić information content (AvgIpc) is 3.51. The highest BCUT2D eigenvalue weighted by Crippen LogP contribution is 2.58. The lowest BCUT2D eigenvalue weighted by Gasteiger charge is -2.22. The Balaban J connectivity index is 1.45. The van der Waals surface area contributed by atoms with Gasteiger partial charge in [-0.25, -0.2) is 9.69 Å². The van der Waals surface area contributed by atoms with Crippen molar-refractivity contribution >= 4 is 29.0 Å². The van der Waals surface area contributed by atoms with Crippen LogP contribution in [0.3, 0.4) is 0 Å². The smallest absolute Gasteiger partial charge is 0.335 e. The van der Waals surface area contributed by atoms with Crippen molar-refractivity contribution in [3.63, 3.8) is 0 Å². The minimum atomic E-state index is -1.05. The lowest BCUT2D eigenvalue weighted by atomic mass is 9.85. The molecule has 1 saturated carbocycles. The fourth-order valence-corrected chi connectivity index (χ4v) is 6.04. The van der Waals surface area contributed by atoms with Gasteiger partial charge in [-0.2, -0.15) is 0 Å². The molecule has 0 radical (unpaired) electrons. The number of carboxylic acids is 1. The van der Waals surface area contributed by atoms with Crippen LogP contribution >= 0.6 is 0 Å². The van der Waals surface area contributed by atoms with Gasteiger partial charge in [0.15, 0.2) is 0 Å². The lowest BCUT2D eigenvalue weighted by molar-refractivity contribution is -0.122. The topological polar surface area (TPSA) is 74.7 Å². The third kappa shape index (κ3) is 3.27. The summed E-state index contributed by atoms with van der Waals surface area (Å²) < 4.78 is 0. The third-order valence-corrected chi connectivity index (χ3v) is 7.76. The van der Waals surface area contributed by atoms with Gasteiger partial charge in [0.05, 0.1) is 23.1 Å². The molecule has 1 aliphatic heterocycles. The molecule has 3 aromatic rings. The molecule has 5 heteroatoms. The second kappa shape index (κ2) is 8.16. The van der Waals surface area contributed by atoms with Gasteiger partial charge in [-0.05, 0) is 60.4 Å². The number of nitrogens with zero attached hydrogens (tertiary/aromatic N) is 1. The van der Waals surface area contributed by atoms with Gasteiger partial charge >= 0.3 is 5.97 Å². The quantitative estimate of drug-likeness (QED) is 0.404. The number of anilines is 1. The lowest BCUT2D eigenvalue weighted by Crippen LogP contribution is -2.33. The Labute approximate surface area is 209 Å². The Bertz CT molecular complexity index is 1380. The number of hydrogen-bond acceptors (Lipinski definition) is 3. The van der Waals surface area contributed by atoms with Crippen LogP contribution in [0.2, 0.25) is 0 Å². The number of hydrogen-bond donors (Lipinski definition) is 1. The summed E-state index contributed by atoms with van der Waals surface area (Å²) in [5.41, 5.74) is 7.29. The number of carbonyl (C=O) groups is 3. The number of rotatable bonds is 4. The fourth-order valence-electron chi connectivity index (χ4n) is 6.04. The Morgan fingerprint density at radius 2 is 1.08 bits per heavy atom. The van der Waals surface area contributed by atoms with Crippen molar-refractivity contribution in [2.45, 2.75) is 13.8 Å². The Hall–Kier alpha value is -4.25. The molecule has 0 spiro atoms. The van der Waals surface area contributed by atoms with Gasteiger partial charge in [0.25, 0.3) is 0 Å². The van der Waals surface area contributed by atoms with Gasteiger partial charge in [0, 0.05) is 11.8 Å². The number of aryl methyl sites for hydroxylation is 2. The molecule has 1 heterocycles. The maximum Gasteiger partial charge on any atom is 0.335 e. The average molecular weight is 476 g/mol. The normalized spacial score (nSPS) is 23.9. The van der Waals surface area contributed by atoms with Crippen molar-refractivity contribution in [2.24, 2.45) is 23.7 Å². The van der Waals surface area contributed by atoms with Crippen molar-refractivity contribution in [3.8, 4) is 0 Å². The number of allylic oxidation sites excluding steroid dienone is 3. The molecule has 2 amide bonds. The fraction of sp³-hybridized carbons (Fsp3) is 0.194. The largest absolute Gasteiger partial charge is 0.478 e. The molecule has 0 unspecified atom stereocenters. The third-order valence-electron chi connectivity index (χ3n) is 7.76. The monoisotopic (exact) mass is 475 g/mol. The Kier molecular flexibility index (Phi) is 5.04. The van der Waals surface area contributed by atoms with Crippen LogP contribution in [0.4, 0.5) is 5.69 Å². The van der Waals surface area contributed by atoms with Crippen molar-refractivity contribution in [3.05, 3.63) is 118 Å². The zero-order valence-corrected chi connectivity index (χ0v) is 20.0. The first-order valence-corrected chi connectivity index (χ1v) is 12.1. The van der Waals surface area contributed by atoms with Gasteiger partial charge in [-0.15, -0.1) is 0 Å². The highest BCUT2D eigenvalue weighted by molar-refractivity contribution is 6.23. The first-order valence-electron chi connectivity index (χ1n) is 12.1. The summed E-state index contributed by atoms with van der Waals surface area (Å²) >= 11 is 0. The molecule has 36 heavy (non-hydrogen) atoms. The van der Waals surface area contributed by atoms with Crippen LogP contribution in [-0.2, 0) is 9.59 Å². The van der Waals surface area contributed by atoms with Crippen LogP contribution in [-0.4, -0.2) is 22.9 Å². The van der Waals surface area contributed by atoms with Crippen LogP contribution in [0.15, 0.2) is 90.5 Å². The number of fused-ring (bicyclic) bond motifs is 5. The Morgan fingerprint density at radius 1 is 0.667 bits per heavy atom. The van der Waals surface area contributed by atoms with E-state index >= 15 is 0 Å². The number of amides is 2. The van der Waals surface area contributed by atoms with Crippen molar-refractivity contribution in [1.29, 1.82) is 0 Å². The molecule has 4 atom stereocenters. The second-order valence-electron chi connectivity index (χ2n) is 9.91. The number of aromatic carboxylic acids is 1. The van der Waals surface area contributed by atoms with E-state index in [-0.39, 0.29) is 29.2 Å². The van der Waals surface area contributed by atoms with Gasteiger partial charge in [0.2, 0.25) is 11.8 Å². The molecule has 2 bridgehead atoms. The summed E-state index contributed by atoms with van der Waals surface area (Å²) in [7, 11) is 0. The van der Waals surface area contributed by atoms with Gasteiger partial charge < -0.3 is 5.11 Å². The Morgan fingerprint density at radius 3 is 1.50 bits per heavy atom. The first kappa shape index (κ1) is 22.2. The highest BCUT2D eigenvalue weighted by atomic mass is 16.4. The van der Waals surface area contributed by atoms with Gasteiger partial charge in [0.1, 0.15) is 0 Å². The van der Waals surface area contributed by atoms with Gasteiger partial charge in [-0.3, -0.25) is 9.59 Å². The van der Waals surface area contributed by atoms with E-state index in [0.29, 0.717) is 5.69 Å². The van der Waals surface area contributed by atoms with Gasteiger partial charge in [-0.1, -0.05) is 71.8 Å². The van der Waals surface area contributed by atoms with Crippen molar-refractivity contribution in [2.75, 3.05) is 4.90 Å². The number of carboxylic acid groups (broad SMARTS) is 1. The second-order valence-corrected chi connectivity index (χ2v) is 9.91. The van der Waals surface area contributed by atoms with Crippen molar-refractivity contribution in [1.82, 2.24) is 0 Å². The van der Waals surface area contributed by atoms with Crippen LogP contribution in [0.25, 0.3) is 5.57 Å². The first-order chi connectivity index (χ1) is 17.3. The standard InChI is InChI=1S/C31H25NO4/c1-17-3-7-19(8-4-17)25(20-9-5-18(2)6-10-20)26-23-15-16-24(26)28-27(23)29(33)32(30(28)34)22-13-11-21(12-14-22)31(35)36/h3-16,23-24,27-28H,1-2H3,(H,35,36)/t23-,24-,27-,28+/m1/s1. The summed E-state index contributed by atoms with van der Waals surface area (Å²) in [6, 6.07) is 22.8. The molecule has 5 nitrogen and oxygen atoms in total. The summed E-state index contributed by atoms with van der Waals surface area (Å²) in [5, 5.41) is 9.19. The van der Waals surface area contributed by atoms with Crippen LogP contribution < -0.4 is 4.90 Å². The van der Waals surface area contributed by atoms with E-state index in [1.807, 2.05) is 0 Å².